The van der Waals surface area contributed by atoms with Crippen LogP contribution in [0.25, 0.3) is 11.3 Å². The van der Waals surface area contributed by atoms with Gasteiger partial charge in [0.2, 0.25) is 5.95 Å². The molecule has 1 fully saturated rings. The first-order valence-corrected chi connectivity index (χ1v) is 9.61. The van der Waals surface area contributed by atoms with E-state index >= 15 is 0 Å². The summed E-state index contributed by atoms with van der Waals surface area (Å²) in [5.74, 6) is -0.920. The van der Waals surface area contributed by atoms with Gasteiger partial charge in [-0.25, -0.2) is 13.8 Å². The quantitative estimate of drug-likeness (QED) is 0.578. The molecular formula is C22H22F2N4. The van der Waals surface area contributed by atoms with Crippen molar-refractivity contribution >= 4 is 17.5 Å². The fourth-order valence-electron chi connectivity index (χ4n) is 3.50. The number of aromatic nitrogens is 2. The Hall–Kier alpha value is -3.02. The Balaban J connectivity index is 1.68. The van der Waals surface area contributed by atoms with Gasteiger partial charge < -0.3 is 10.6 Å². The van der Waals surface area contributed by atoms with E-state index in [9.17, 15) is 8.78 Å². The molecule has 2 aromatic carbocycles. The van der Waals surface area contributed by atoms with Crippen LogP contribution in [0, 0.1) is 11.6 Å². The molecule has 0 aliphatic heterocycles. The van der Waals surface area contributed by atoms with Gasteiger partial charge in [0.1, 0.15) is 5.82 Å². The second-order valence-corrected chi connectivity index (χ2v) is 7.03. The van der Waals surface area contributed by atoms with Crippen LogP contribution >= 0.6 is 0 Å². The van der Waals surface area contributed by atoms with Crippen molar-refractivity contribution in [3.8, 4) is 11.3 Å². The molecule has 6 heteroatoms. The number of hydrogen-bond acceptors (Lipinski definition) is 4. The molecule has 0 bridgehead atoms. The van der Waals surface area contributed by atoms with Gasteiger partial charge >= 0.3 is 0 Å². The maximum absolute atomic E-state index is 14.1. The van der Waals surface area contributed by atoms with Crippen molar-refractivity contribution < 1.29 is 8.78 Å². The van der Waals surface area contributed by atoms with E-state index in [1.807, 2.05) is 30.3 Å². The van der Waals surface area contributed by atoms with Gasteiger partial charge in [0, 0.05) is 17.7 Å². The predicted molar refractivity (Wildman–Crippen MR) is 108 cm³/mol. The maximum atomic E-state index is 14.1. The van der Waals surface area contributed by atoms with Gasteiger partial charge in [-0.05, 0) is 25.0 Å². The maximum Gasteiger partial charge on any atom is 0.225 e. The number of nitrogens with zero attached hydrogens (tertiary/aromatic N) is 2. The highest BCUT2D eigenvalue weighted by atomic mass is 19.2. The number of halogens is 2. The summed E-state index contributed by atoms with van der Waals surface area (Å²) in [5.41, 5.74) is 1.69. The molecule has 1 saturated carbocycles. The number of hydrogen-bond donors (Lipinski definition) is 2. The Bertz CT molecular complexity index is 941. The Morgan fingerprint density at radius 3 is 2.43 bits per heavy atom. The zero-order valence-corrected chi connectivity index (χ0v) is 15.5. The number of anilines is 3. The molecule has 1 aromatic heterocycles. The largest absolute Gasteiger partial charge is 0.351 e. The molecule has 4 rings (SSSR count). The van der Waals surface area contributed by atoms with Crippen molar-refractivity contribution in [1.82, 2.24) is 9.97 Å². The van der Waals surface area contributed by atoms with Crippen molar-refractivity contribution in [3.63, 3.8) is 0 Å². The molecule has 0 spiro atoms. The Kier molecular flexibility index (Phi) is 5.46. The van der Waals surface area contributed by atoms with Crippen molar-refractivity contribution in [1.29, 1.82) is 0 Å². The van der Waals surface area contributed by atoms with Crippen LogP contribution < -0.4 is 10.6 Å². The van der Waals surface area contributed by atoms with Crippen LogP contribution in [0.15, 0.2) is 54.6 Å². The molecule has 3 aromatic rings. The van der Waals surface area contributed by atoms with Crippen molar-refractivity contribution in [2.75, 3.05) is 10.6 Å². The monoisotopic (exact) mass is 380 g/mol. The molecule has 0 saturated heterocycles. The SMILES string of the molecule is Fc1cccc(Nc2cc(-c3ccccc3)nc(NC3CCCCC3)n2)c1F. The minimum absolute atomic E-state index is 0.0429. The van der Waals surface area contributed by atoms with E-state index in [2.05, 4.69) is 20.6 Å². The number of rotatable bonds is 5. The summed E-state index contributed by atoms with van der Waals surface area (Å²) < 4.78 is 27.6. The standard InChI is InChI=1S/C22H22F2N4/c23-17-12-7-13-18(21(17)24)26-20-14-19(15-8-3-1-4-9-15)27-22(28-20)25-16-10-5-2-6-11-16/h1,3-4,7-9,12-14,16H,2,5-6,10-11H2,(H2,25,26,27,28). The van der Waals surface area contributed by atoms with Crippen molar-refractivity contribution in [2.24, 2.45) is 0 Å². The van der Waals surface area contributed by atoms with E-state index in [-0.39, 0.29) is 5.69 Å². The fourth-order valence-corrected chi connectivity index (χ4v) is 3.50. The summed E-state index contributed by atoms with van der Waals surface area (Å²) in [6.07, 6.45) is 5.81. The summed E-state index contributed by atoms with van der Waals surface area (Å²) in [5, 5.41) is 6.31. The molecule has 1 heterocycles. The zero-order chi connectivity index (χ0) is 19.3. The highest BCUT2D eigenvalue weighted by molar-refractivity contribution is 5.67. The molecule has 144 valence electrons. The van der Waals surface area contributed by atoms with Gasteiger partial charge in [-0.2, -0.15) is 4.98 Å². The van der Waals surface area contributed by atoms with Crippen LogP contribution in [0.2, 0.25) is 0 Å². The minimum atomic E-state index is -0.927. The molecule has 1 aliphatic carbocycles. The first-order chi connectivity index (χ1) is 13.7. The van der Waals surface area contributed by atoms with E-state index in [1.165, 1.54) is 31.4 Å². The first kappa shape index (κ1) is 18.3. The predicted octanol–water partition coefficient (Wildman–Crippen LogP) is 5.91. The molecule has 0 radical (unpaired) electrons. The average Bonchev–Trinajstić information content (AvgIpc) is 2.73. The van der Waals surface area contributed by atoms with Crippen LogP contribution in [0.4, 0.5) is 26.2 Å². The summed E-state index contributed by atoms with van der Waals surface area (Å²) in [6.45, 7) is 0. The lowest BCUT2D eigenvalue weighted by Gasteiger charge is -2.23. The molecule has 0 atom stereocenters. The second-order valence-electron chi connectivity index (χ2n) is 7.03. The second kappa shape index (κ2) is 8.33. The van der Waals surface area contributed by atoms with Gasteiger partial charge in [-0.15, -0.1) is 0 Å². The number of nitrogens with one attached hydrogen (secondary N) is 2. The van der Waals surface area contributed by atoms with Gasteiger partial charge in [0.25, 0.3) is 0 Å². The fraction of sp³-hybridized carbons (Fsp3) is 0.273. The van der Waals surface area contributed by atoms with E-state index in [0.717, 1.165) is 24.5 Å². The molecular weight excluding hydrogens is 358 g/mol. The van der Waals surface area contributed by atoms with Crippen molar-refractivity contribution in [3.05, 3.63) is 66.2 Å². The molecule has 1 aliphatic rings. The Labute approximate surface area is 163 Å². The van der Waals surface area contributed by atoms with Gasteiger partial charge in [0.15, 0.2) is 11.6 Å². The molecule has 4 nitrogen and oxygen atoms in total. The normalized spacial score (nSPS) is 14.6. The average molecular weight is 380 g/mol. The van der Waals surface area contributed by atoms with Gasteiger partial charge in [0.05, 0.1) is 11.4 Å². The third-order valence-corrected chi connectivity index (χ3v) is 4.95. The van der Waals surface area contributed by atoms with Crippen molar-refractivity contribution in [2.45, 2.75) is 38.1 Å². The lowest BCUT2D eigenvalue weighted by molar-refractivity contribution is 0.461. The van der Waals surface area contributed by atoms with E-state index in [1.54, 1.807) is 6.07 Å². The minimum Gasteiger partial charge on any atom is -0.351 e. The summed E-state index contributed by atoms with van der Waals surface area (Å²) in [4.78, 5) is 9.15. The van der Waals surface area contributed by atoms with Gasteiger partial charge in [-0.3, -0.25) is 0 Å². The third-order valence-electron chi connectivity index (χ3n) is 4.95. The summed E-state index contributed by atoms with van der Waals surface area (Å²) in [7, 11) is 0. The molecule has 2 N–H and O–H groups in total. The lowest BCUT2D eigenvalue weighted by Crippen LogP contribution is -2.23. The van der Waals surface area contributed by atoms with Crippen LogP contribution in [0.1, 0.15) is 32.1 Å². The van der Waals surface area contributed by atoms with Gasteiger partial charge in [-0.1, -0.05) is 55.7 Å². The molecule has 28 heavy (non-hydrogen) atoms. The van der Waals surface area contributed by atoms with Crippen LogP contribution in [-0.4, -0.2) is 16.0 Å². The zero-order valence-electron chi connectivity index (χ0n) is 15.5. The smallest absolute Gasteiger partial charge is 0.225 e. The topological polar surface area (TPSA) is 49.8 Å². The third kappa shape index (κ3) is 4.27. The summed E-state index contributed by atoms with van der Waals surface area (Å²) >= 11 is 0. The van der Waals surface area contributed by atoms with Crippen LogP contribution in [0.3, 0.4) is 0 Å². The van der Waals surface area contributed by atoms with E-state index < -0.39 is 11.6 Å². The Morgan fingerprint density at radius 2 is 1.64 bits per heavy atom. The van der Waals surface area contributed by atoms with E-state index in [4.69, 9.17) is 0 Å². The number of benzene rings is 2. The van der Waals surface area contributed by atoms with E-state index in [0.29, 0.717) is 23.5 Å². The first-order valence-electron chi connectivity index (χ1n) is 9.61. The molecule has 0 amide bonds. The van der Waals surface area contributed by atoms with Crippen LogP contribution in [-0.2, 0) is 0 Å². The van der Waals surface area contributed by atoms with Crippen LogP contribution in [0.5, 0.6) is 0 Å². The summed E-state index contributed by atoms with van der Waals surface area (Å²) in [6, 6.07) is 15.8. The highest BCUT2D eigenvalue weighted by Gasteiger charge is 2.16. The lowest BCUT2D eigenvalue weighted by atomic mass is 9.96. The Morgan fingerprint density at radius 1 is 0.857 bits per heavy atom. The highest BCUT2D eigenvalue weighted by Crippen LogP contribution is 2.27. The molecule has 0 unspecified atom stereocenters.